The number of oxime groups is 1. The Balaban J connectivity index is 3.08. The summed E-state index contributed by atoms with van der Waals surface area (Å²) in [5, 5.41) is 20.7. The molecule has 94 valence electrons. The molecule has 7 heteroatoms. The third-order valence-electron chi connectivity index (χ3n) is 2.61. The summed E-state index contributed by atoms with van der Waals surface area (Å²) < 4.78 is 0. The number of aromatic nitrogens is 2. The molecule has 0 bridgehead atoms. The Morgan fingerprint density at radius 2 is 2.24 bits per heavy atom. The molecule has 1 heterocycles. The minimum absolute atomic E-state index is 0.0410. The van der Waals surface area contributed by atoms with Crippen molar-refractivity contribution in [2.75, 3.05) is 18.6 Å². The average molecular weight is 239 g/mol. The maximum atomic E-state index is 9.26. The Labute approximate surface area is 99.6 Å². The fraction of sp³-hybridized carbons (Fsp3) is 0.500. The molecule has 0 unspecified atom stereocenters. The van der Waals surface area contributed by atoms with Crippen LogP contribution < -0.4 is 10.6 Å². The van der Waals surface area contributed by atoms with Gasteiger partial charge in [-0.2, -0.15) is 0 Å². The molecule has 0 saturated heterocycles. The number of hydrogen-bond acceptors (Lipinski definition) is 6. The smallest absolute Gasteiger partial charge is 0.226 e. The quantitative estimate of drug-likeness (QED) is 0.290. The van der Waals surface area contributed by atoms with Crippen molar-refractivity contribution in [3.05, 3.63) is 18.0 Å². The van der Waals surface area contributed by atoms with Crippen LogP contribution in [0.1, 0.15) is 19.5 Å². The van der Waals surface area contributed by atoms with Gasteiger partial charge in [-0.15, -0.1) is 0 Å². The molecule has 0 saturated carbocycles. The second-order valence-electron chi connectivity index (χ2n) is 4.26. The standard InChI is InChI=1S/C10H17N5O2/c1-10(2,6-16)15(3)9-12-5-4-7(13-9)8(11)14-17/h4-5,16-17H,6H2,1-3H3,(H2,11,14). The molecule has 0 radical (unpaired) electrons. The molecule has 0 fully saturated rings. The topological polar surface area (TPSA) is 108 Å². The first kappa shape index (κ1) is 13.2. The molecule has 1 aromatic heterocycles. The van der Waals surface area contributed by atoms with Gasteiger partial charge < -0.3 is 20.9 Å². The van der Waals surface area contributed by atoms with Crippen LogP contribution in [0, 0.1) is 0 Å². The summed E-state index contributed by atoms with van der Waals surface area (Å²) in [6.07, 6.45) is 1.51. The van der Waals surface area contributed by atoms with E-state index in [0.29, 0.717) is 11.6 Å². The Kier molecular flexibility index (Phi) is 3.84. The van der Waals surface area contributed by atoms with E-state index in [4.69, 9.17) is 10.9 Å². The second kappa shape index (κ2) is 4.96. The first-order valence-electron chi connectivity index (χ1n) is 5.08. The summed E-state index contributed by atoms with van der Waals surface area (Å²) in [5.74, 6) is 0.317. The maximum Gasteiger partial charge on any atom is 0.226 e. The van der Waals surface area contributed by atoms with Gasteiger partial charge >= 0.3 is 0 Å². The number of likely N-dealkylation sites (N-methyl/N-ethyl adjacent to an activating group) is 1. The fourth-order valence-electron chi connectivity index (χ4n) is 1.08. The van der Waals surface area contributed by atoms with E-state index in [0.717, 1.165) is 0 Å². The number of aliphatic hydroxyl groups is 1. The largest absolute Gasteiger partial charge is 0.409 e. The predicted octanol–water partition coefficient (Wildman–Crippen LogP) is -0.222. The molecule has 0 atom stereocenters. The van der Waals surface area contributed by atoms with Crippen LogP contribution in [-0.2, 0) is 0 Å². The van der Waals surface area contributed by atoms with Crippen LogP contribution in [0.2, 0.25) is 0 Å². The van der Waals surface area contributed by atoms with Crippen molar-refractivity contribution in [1.82, 2.24) is 9.97 Å². The summed E-state index contributed by atoms with van der Waals surface area (Å²) in [7, 11) is 1.77. The highest BCUT2D eigenvalue weighted by Crippen LogP contribution is 2.17. The first-order chi connectivity index (χ1) is 7.92. The molecule has 1 aromatic rings. The van der Waals surface area contributed by atoms with Crippen molar-refractivity contribution < 1.29 is 10.3 Å². The number of aliphatic hydroxyl groups excluding tert-OH is 1. The lowest BCUT2D eigenvalue weighted by atomic mass is 10.1. The van der Waals surface area contributed by atoms with Crippen LogP contribution in [0.25, 0.3) is 0 Å². The summed E-state index contributed by atoms with van der Waals surface area (Å²) >= 11 is 0. The van der Waals surface area contributed by atoms with Crippen molar-refractivity contribution in [2.24, 2.45) is 10.9 Å². The van der Waals surface area contributed by atoms with E-state index < -0.39 is 5.54 Å². The third kappa shape index (κ3) is 2.82. The Morgan fingerprint density at radius 3 is 2.76 bits per heavy atom. The van der Waals surface area contributed by atoms with Crippen LogP contribution in [-0.4, -0.2) is 45.3 Å². The number of nitrogens with two attached hydrogens (primary N) is 1. The predicted molar refractivity (Wildman–Crippen MR) is 64.1 cm³/mol. The minimum Gasteiger partial charge on any atom is -0.409 e. The van der Waals surface area contributed by atoms with E-state index in [2.05, 4.69) is 15.1 Å². The summed E-state index contributed by atoms with van der Waals surface area (Å²) in [6, 6.07) is 1.54. The van der Waals surface area contributed by atoms with E-state index in [9.17, 15) is 5.11 Å². The second-order valence-corrected chi connectivity index (χ2v) is 4.26. The number of rotatable bonds is 4. The van der Waals surface area contributed by atoms with Crippen molar-refractivity contribution in [2.45, 2.75) is 19.4 Å². The molecule has 0 aliphatic heterocycles. The molecule has 7 nitrogen and oxygen atoms in total. The summed E-state index contributed by atoms with van der Waals surface area (Å²) in [4.78, 5) is 9.95. The van der Waals surface area contributed by atoms with E-state index in [1.807, 2.05) is 13.8 Å². The van der Waals surface area contributed by atoms with Crippen molar-refractivity contribution >= 4 is 11.8 Å². The molecule has 17 heavy (non-hydrogen) atoms. The molecule has 0 aliphatic carbocycles. The zero-order valence-corrected chi connectivity index (χ0v) is 10.1. The number of hydrogen-bond donors (Lipinski definition) is 3. The zero-order valence-electron chi connectivity index (χ0n) is 10.1. The van der Waals surface area contributed by atoms with E-state index >= 15 is 0 Å². The Bertz CT molecular complexity index is 419. The van der Waals surface area contributed by atoms with Gasteiger partial charge in [0.25, 0.3) is 0 Å². The lowest BCUT2D eigenvalue weighted by Gasteiger charge is -2.33. The van der Waals surface area contributed by atoms with E-state index in [1.54, 1.807) is 18.0 Å². The van der Waals surface area contributed by atoms with E-state index in [1.165, 1.54) is 6.20 Å². The minimum atomic E-state index is -0.496. The normalized spacial score (nSPS) is 12.6. The van der Waals surface area contributed by atoms with Gasteiger partial charge in [-0.1, -0.05) is 5.16 Å². The highest BCUT2D eigenvalue weighted by atomic mass is 16.4. The number of nitrogens with zero attached hydrogens (tertiary/aromatic N) is 4. The Morgan fingerprint density at radius 1 is 1.59 bits per heavy atom. The van der Waals surface area contributed by atoms with Gasteiger partial charge in [0, 0.05) is 13.2 Å². The highest BCUT2D eigenvalue weighted by Gasteiger charge is 2.24. The molecular weight excluding hydrogens is 222 g/mol. The van der Waals surface area contributed by atoms with Gasteiger partial charge in [0.2, 0.25) is 5.95 Å². The molecular formula is C10H17N5O2. The Hall–Kier alpha value is -1.89. The van der Waals surface area contributed by atoms with Crippen LogP contribution >= 0.6 is 0 Å². The monoisotopic (exact) mass is 239 g/mol. The van der Waals surface area contributed by atoms with Crippen molar-refractivity contribution in [1.29, 1.82) is 0 Å². The summed E-state index contributed by atoms with van der Waals surface area (Å²) in [5.41, 5.74) is 5.28. The van der Waals surface area contributed by atoms with Crippen molar-refractivity contribution in [3.63, 3.8) is 0 Å². The number of amidine groups is 1. The van der Waals surface area contributed by atoms with E-state index in [-0.39, 0.29) is 12.4 Å². The van der Waals surface area contributed by atoms with Gasteiger partial charge in [-0.3, -0.25) is 0 Å². The average Bonchev–Trinajstić information content (AvgIpc) is 2.36. The highest BCUT2D eigenvalue weighted by molar-refractivity contribution is 5.95. The SMILES string of the molecule is CN(c1nccc(/C(N)=N/O)n1)C(C)(C)CO. The number of anilines is 1. The van der Waals surface area contributed by atoms with Crippen molar-refractivity contribution in [3.8, 4) is 0 Å². The van der Waals surface area contributed by atoms with Gasteiger partial charge in [-0.05, 0) is 19.9 Å². The van der Waals surface area contributed by atoms with Gasteiger partial charge in [-0.25, -0.2) is 9.97 Å². The van der Waals surface area contributed by atoms with Gasteiger partial charge in [0.05, 0.1) is 12.1 Å². The van der Waals surface area contributed by atoms with Gasteiger partial charge in [0.1, 0.15) is 5.69 Å². The molecule has 0 aromatic carbocycles. The van der Waals surface area contributed by atoms with Crippen LogP contribution in [0.4, 0.5) is 5.95 Å². The molecule has 0 aliphatic rings. The third-order valence-corrected chi connectivity index (χ3v) is 2.61. The molecule has 0 spiro atoms. The first-order valence-corrected chi connectivity index (χ1v) is 5.08. The van der Waals surface area contributed by atoms with Crippen LogP contribution in [0.3, 0.4) is 0 Å². The lowest BCUT2D eigenvalue weighted by Crippen LogP contribution is -2.45. The zero-order chi connectivity index (χ0) is 13.1. The molecule has 1 rings (SSSR count). The van der Waals surface area contributed by atoms with Crippen LogP contribution in [0.15, 0.2) is 17.4 Å². The molecule has 4 N–H and O–H groups in total. The summed E-state index contributed by atoms with van der Waals surface area (Å²) in [6.45, 7) is 3.67. The lowest BCUT2D eigenvalue weighted by molar-refractivity contribution is 0.215. The van der Waals surface area contributed by atoms with Crippen LogP contribution in [0.5, 0.6) is 0 Å². The molecule has 0 amide bonds. The van der Waals surface area contributed by atoms with Gasteiger partial charge in [0.15, 0.2) is 5.84 Å². The fourth-order valence-corrected chi connectivity index (χ4v) is 1.08. The maximum absolute atomic E-state index is 9.26.